The second kappa shape index (κ2) is 6.90. The van der Waals surface area contributed by atoms with Gasteiger partial charge in [-0.25, -0.2) is 0 Å². The van der Waals surface area contributed by atoms with Gasteiger partial charge in [0.05, 0.1) is 10.6 Å². The first-order valence-electron chi connectivity index (χ1n) is 7.16. The number of carbonyl (C=O) groups excluding carboxylic acids is 1. The zero-order chi connectivity index (χ0) is 16.6. The monoisotopic (exact) mass is 387 g/mol. The number of hydrogen-bond acceptors (Lipinski definition) is 1. The summed E-state index contributed by atoms with van der Waals surface area (Å²) in [4.78, 5) is 12.4. The van der Waals surface area contributed by atoms with E-state index in [2.05, 4.69) is 5.32 Å². The third kappa shape index (κ3) is 3.61. The van der Waals surface area contributed by atoms with Crippen LogP contribution < -0.4 is 5.32 Å². The predicted octanol–water partition coefficient (Wildman–Crippen LogP) is 5.98. The average Bonchev–Trinajstić information content (AvgIpc) is 2.46. The van der Waals surface area contributed by atoms with E-state index in [-0.39, 0.29) is 17.9 Å². The molecule has 0 radical (unpaired) electrons. The highest BCUT2D eigenvalue weighted by Gasteiger charge is 2.34. The molecule has 1 saturated carbocycles. The number of carbonyl (C=O) groups is 1. The van der Waals surface area contributed by atoms with Crippen LogP contribution in [0.5, 0.6) is 0 Å². The van der Waals surface area contributed by atoms with Crippen LogP contribution in [0.2, 0.25) is 20.1 Å². The van der Waals surface area contributed by atoms with Gasteiger partial charge in [0.15, 0.2) is 0 Å². The van der Waals surface area contributed by atoms with E-state index < -0.39 is 0 Å². The highest BCUT2D eigenvalue weighted by molar-refractivity contribution is 6.37. The van der Waals surface area contributed by atoms with Crippen molar-refractivity contribution in [1.29, 1.82) is 0 Å². The molecule has 2 aromatic rings. The van der Waals surface area contributed by atoms with Crippen molar-refractivity contribution in [3.05, 3.63) is 67.6 Å². The molecule has 1 aliphatic carbocycles. The summed E-state index contributed by atoms with van der Waals surface area (Å²) in [6.45, 7) is 0. The molecular formula is C17H13Cl4NO. The molecule has 2 aromatic carbocycles. The lowest BCUT2D eigenvalue weighted by Crippen LogP contribution is -2.45. The molecule has 3 rings (SSSR count). The fourth-order valence-electron chi connectivity index (χ4n) is 2.77. The van der Waals surface area contributed by atoms with Gasteiger partial charge in [0.25, 0.3) is 5.91 Å². The molecule has 0 heterocycles. The summed E-state index contributed by atoms with van der Waals surface area (Å²) in [6.07, 6.45) is 1.88. The number of rotatable bonds is 3. The van der Waals surface area contributed by atoms with Crippen molar-refractivity contribution in [2.75, 3.05) is 0 Å². The van der Waals surface area contributed by atoms with Crippen LogP contribution in [-0.2, 0) is 0 Å². The number of amides is 1. The maximum atomic E-state index is 12.4. The molecule has 1 amide bonds. The van der Waals surface area contributed by atoms with Crippen molar-refractivity contribution in [3.63, 3.8) is 0 Å². The largest absolute Gasteiger partial charge is 0.349 e. The fourth-order valence-corrected chi connectivity index (χ4v) is 3.81. The van der Waals surface area contributed by atoms with Crippen LogP contribution in [0.1, 0.15) is 34.7 Å². The lowest BCUT2D eigenvalue weighted by atomic mass is 9.75. The minimum Gasteiger partial charge on any atom is -0.349 e. The zero-order valence-corrected chi connectivity index (χ0v) is 15.0. The van der Waals surface area contributed by atoms with Crippen molar-refractivity contribution >= 4 is 52.3 Å². The Morgan fingerprint density at radius 3 is 2.13 bits per heavy atom. The summed E-state index contributed by atoms with van der Waals surface area (Å²) < 4.78 is 0. The molecule has 0 bridgehead atoms. The molecule has 0 unspecified atom stereocenters. The first kappa shape index (κ1) is 16.9. The Morgan fingerprint density at radius 1 is 0.913 bits per heavy atom. The van der Waals surface area contributed by atoms with Gasteiger partial charge in [0.1, 0.15) is 0 Å². The SMILES string of the molecule is O=C(N[C@@H]1CC[C@H]1c1ccc(Cl)cc1Cl)c1ccc(Cl)cc1Cl. The van der Waals surface area contributed by atoms with Gasteiger partial charge >= 0.3 is 0 Å². The van der Waals surface area contributed by atoms with Crippen molar-refractivity contribution in [3.8, 4) is 0 Å². The Morgan fingerprint density at radius 2 is 1.57 bits per heavy atom. The van der Waals surface area contributed by atoms with E-state index in [1.54, 1.807) is 24.3 Å². The quantitative estimate of drug-likeness (QED) is 0.688. The van der Waals surface area contributed by atoms with Crippen molar-refractivity contribution < 1.29 is 4.79 Å². The lowest BCUT2D eigenvalue weighted by molar-refractivity contribution is 0.0905. The Hall–Kier alpha value is -0.930. The van der Waals surface area contributed by atoms with E-state index >= 15 is 0 Å². The molecule has 1 fully saturated rings. The third-order valence-electron chi connectivity index (χ3n) is 4.13. The Bertz CT molecular complexity index is 762. The van der Waals surface area contributed by atoms with Crippen LogP contribution in [-0.4, -0.2) is 11.9 Å². The topological polar surface area (TPSA) is 29.1 Å². The minimum atomic E-state index is -0.202. The predicted molar refractivity (Wildman–Crippen MR) is 96.2 cm³/mol. The summed E-state index contributed by atoms with van der Waals surface area (Å²) in [5.74, 6) is -0.0127. The second-order valence-electron chi connectivity index (χ2n) is 5.55. The van der Waals surface area contributed by atoms with E-state index in [9.17, 15) is 4.79 Å². The van der Waals surface area contributed by atoms with Crippen LogP contribution in [0.25, 0.3) is 0 Å². The van der Waals surface area contributed by atoms with Gasteiger partial charge in [0, 0.05) is 27.0 Å². The number of benzene rings is 2. The van der Waals surface area contributed by atoms with Crippen LogP contribution >= 0.6 is 46.4 Å². The maximum absolute atomic E-state index is 12.4. The molecule has 1 aliphatic rings. The third-order valence-corrected chi connectivity index (χ3v) is 5.24. The molecule has 2 atom stereocenters. The smallest absolute Gasteiger partial charge is 0.253 e. The zero-order valence-electron chi connectivity index (χ0n) is 12.0. The van der Waals surface area contributed by atoms with E-state index in [0.29, 0.717) is 25.7 Å². The normalized spacial score (nSPS) is 20.0. The number of hydrogen-bond donors (Lipinski definition) is 1. The highest BCUT2D eigenvalue weighted by Crippen LogP contribution is 2.41. The summed E-state index contributed by atoms with van der Waals surface area (Å²) in [5, 5.41) is 5.10. The molecule has 2 nitrogen and oxygen atoms in total. The molecule has 0 aromatic heterocycles. The molecule has 6 heteroatoms. The van der Waals surface area contributed by atoms with Crippen LogP contribution in [0.3, 0.4) is 0 Å². The average molecular weight is 389 g/mol. The van der Waals surface area contributed by atoms with Gasteiger partial charge in [-0.3, -0.25) is 4.79 Å². The molecule has 0 aliphatic heterocycles. The molecule has 0 saturated heterocycles. The van der Waals surface area contributed by atoms with Crippen LogP contribution in [0, 0.1) is 0 Å². The Kier molecular flexibility index (Phi) is 5.07. The van der Waals surface area contributed by atoms with E-state index in [1.165, 1.54) is 0 Å². The van der Waals surface area contributed by atoms with Crippen LogP contribution in [0.15, 0.2) is 36.4 Å². The van der Waals surface area contributed by atoms with Gasteiger partial charge in [-0.05, 0) is 48.7 Å². The van der Waals surface area contributed by atoms with Crippen molar-refractivity contribution in [2.24, 2.45) is 0 Å². The molecule has 1 N–H and O–H groups in total. The fraction of sp³-hybridized carbons (Fsp3) is 0.235. The van der Waals surface area contributed by atoms with Crippen molar-refractivity contribution in [1.82, 2.24) is 5.32 Å². The first-order chi connectivity index (χ1) is 11.0. The highest BCUT2D eigenvalue weighted by atomic mass is 35.5. The van der Waals surface area contributed by atoms with Gasteiger partial charge in [0.2, 0.25) is 0 Å². The molecule has 120 valence electrons. The maximum Gasteiger partial charge on any atom is 0.253 e. The van der Waals surface area contributed by atoms with E-state index in [1.807, 2.05) is 12.1 Å². The van der Waals surface area contributed by atoms with Crippen molar-refractivity contribution in [2.45, 2.75) is 24.8 Å². The summed E-state index contributed by atoms with van der Waals surface area (Å²) >= 11 is 24.1. The standard InChI is InChI=1S/C17H13Cl4NO/c18-9-1-3-11(14(20)7-9)12-5-6-16(12)22-17(23)13-4-2-10(19)8-15(13)21/h1-4,7-8,12,16H,5-6H2,(H,22,23)/t12-,16+/m0/s1. The summed E-state index contributed by atoms with van der Waals surface area (Å²) in [5.41, 5.74) is 1.43. The Balaban J connectivity index is 1.74. The molecule has 23 heavy (non-hydrogen) atoms. The first-order valence-corrected chi connectivity index (χ1v) is 8.68. The minimum absolute atomic E-state index is 0.0351. The van der Waals surface area contributed by atoms with E-state index in [0.717, 1.165) is 18.4 Å². The summed E-state index contributed by atoms with van der Waals surface area (Å²) in [7, 11) is 0. The molecular weight excluding hydrogens is 376 g/mol. The summed E-state index contributed by atoms with van der Waals surface area (Å²) in [6, 6.07) is 10.3. The van der Waals surface area contributed by atoms with Gasteiger partial charge < -0.3 is 5.32 Å². The second-order valence-corrected chi connectivity index (χ2v) is 7.24. The van der Waals surface area contributed by atoms with E-state index in [4.69, 9.17) is 46.4 Å². The number of halogens is 4. The number of nitrogens with one attached hydrogen (secondary N) is 1. The lowest BCUT2D eigenvalue weighted by Gasteiger charge is -2.38. The Labute approximate surface area is 154 Å². The van der Waals surface area contributed by atoms with Gasteiger partial charge in [-0.2, -0.15) is 0 Å². The van der Waals surface area contributed by atoms with Gasteiger partial charge in [-0.15, -0.1) is 0 Å². The van der Waals surface area contributed by atoms with Gasteiger partial charge in [-0.1, -0.05) is 52.5 Å². The molecule has 0 spiro atoms. The van der Waals surface area contributed by atoms with Crippen LogP contribution in [0.4, 0.5) is 0 Å².